The van der Waals surface area contributed by atoms with Crippen molar-refractivity contribution in [2.45, 2.75) is 6.61 Å². The highest BCUT2D eigenvalue weighted by atomic mass is 16.5. The summed E-state index contributed by atoms with van der Waals surface area (Å²) in [6, 6.07) is 24.0. The predicted octanol–water partition coefficient (Wildman–Crippen LogP) is 3.93. The van der Waals surface area contributed by atoms with Crippen LogP contribution in [0, 0.1) is 0 Å². The standard InChI is InChI=1S/C22H21NO4/c1-26-21-14-17(15-24)12-13-20(21)27-16-22(25)23(18-8-4-2-5-9-18)19-10-6-3-7-11-19/h2-14,24H,15-16H2,1H3. The van der Waals surface area contributed by atoms with Gasteiger partial charge in [-0.25, -0.2) is 0 Å². The van der Waals surface area contributed by atoms with Crippen LogP contribution in [0.3, 0.4) is 0 Å². The van der Waals surface area contributed by atoms with E-state index < -0.39 is 0 Å². The van der Waals surface area contributed by atoms with Crippen molar-refractivity contribution in [3.05, 3.63) is 84.4 Å². The number of para-hydroxylation sites is 2. The van der Waals surface area contributed by atoms with E-state index in [1.165, 1.54) is 7.11 Å². The summed E-state index contributed by atoms with van der Waals surface area (Å²) in [5.41, 5.74) is 2.24. The molecule has 0 aliphatic heterocycles. The molecule has 0 saturated heterocycles. The number of aliphatic hydroxyl groups excluding tert-OH is 1. The molecule has 0 spiro atoms. The monoisotopic (exact) mass is 363 g/mol. The van der Waals surface area contributed by atoms with Crippen LogP contribution in [0.1, 0.15) is 5.56 Å². The lowest BCUT2D eigenvalue weighted by Gasteiger charge is -2.23. The van der Waals surface area contributed by atoms with Crippen LogP contribution >= 0.6 is 0 Å². The van der Waals surface area contributed by atoms with Gasteiger partial charge in [0.05, 0.1) is 13.7 Å². The topological polar surface area (TPSA) is 59.0 Å². The van der Waals surface area contributed by atoms with E-state index in [4.69, 9.17) is 9.47 Å². The van der Waals surface area contributed by atoms with Gasteiger partial charge in [-0.05, 0) is 42.0 Å². The third kappa shape index (κ3) is 4.46. The van der Waals surface area contributed by atoms with E-state index in [2.05, 4.69) is 0 Å². The molecule has 0 bridgehead atoms. The lowest BCUT2D eigenvalue weighted by molar-refractivity contribution is -0.119. The molecule has 0 aliphatic rings. The maximum absolute atomic E-state index is 13.0. The Labute approximate surface area is 158 Å². The summed E-state index contributed by atoms with van der Waals surface area (Å²) >= 11 is 0. The molecule has 0 heterocycles. The number of nitrogens with zero attached hydrogens (tertiary/aromatic N) is 1. The van der Waals surface area contributed by atoms with Crippen LogP contribution in [0.15, 0.2) is 78.9 Å². The lowest BCUT2D eigenvalue weighted by Crippen LogP contribution is -2.30. The quantitative estimate of drug-likeness (QED) is 0.691. The normalized spacial score (nSPS) is 10.3. The van der Waals surface area contributed by atoms with Gasteiger partial charge < -0.3 is 14.6 Å². The van der Waals surface area contributed by atoms with E-state index in [9.17, 15) is 9.90 Å². The van der Waals surface area contributed by atoms with Gasteiger partial charge in [-0.15, -0.1) is 0 Å². The number of amides is 1. The average Bonchev–Trinajstić information content (AvgIpc) is 2.74. The number of carbonyl (C=O) groups is 1. The Morgan fingerprint density at radius 2 is 1.48 bits per heavy atom. The van der Waals surface area contributed by atoms with Crippen molar-refractivity contribution in [3.8, 4) is 11.5 Å². The van der Waals surface area contributed by atoms with E-state index in [0.717, 1.165) is 11.4 Å². The van der Waals surface area contributed by atoms with Gasteiger partial charge in [0.15, 0.2) is 18.1 Å². The SMILES string of the molecule is COc1cc(CO)ccc1OCC(=O)N(c1ccccc1)c1ccccc1. The molecule has 138 valence electrons. The zero-order valence-electron chi connectivity index (χ0n) is 15.0. The molecular weight excluding hydrogens is 342 g/mol. The molecular formula is C22H21NO4. The van der Waals surface area contributed by atoms with Gasteiger partial charge in [0.25, 0.3) is 5.91 Å². The molecule has 0 fully saturated rings. The minimum Gasteiger partial charge on any atom is -0.493 e. The minimum absolute atomic E-state index is 0.0919. The summed E-state index contributed by atoms with van der Waals surface area (Å²) in [4.78, 5) is 14.6. The Hall–Kier alpha value is -3.31. The molecule has 5 nitrogen and oxygen atoms in total. The first kappa shape index (κ1) is 18.5. The van der Waals surface area contributed by atoms with Crippen LogP contribution in [0.25, 0.3) is 0 Å². The van der Waals surface area contributed by atoms with Crippen LogP contribution in [-0.2, 0) is 11.4 Å². The van der Waals surface area contributed by atoms with Crippen molar-refractivity contribution in [2.75, 3.05) is 18.6 Å². The molecule has 0 aromatic heterocycles. The van der Waals surface area contributed by atoms with Gasteiger partial charge in [-0.3, -0.25) is 9.69 Å². The van der Waals surface area contributed by atoms with Crippen LogP contribution in [0.2, 0.25) is 0 Å². The third-order valence-corrected chi connectivity index (χ3v) is 4.04. The number of aliphatic hydroxyl groups is 1. The minimum atomic E-state index is -0.208. The highest BCUT2D eigenvalue weighted by Gasteiger charge is 2.19. The summed E-state index contributed by atoms with van der Waals surface area (Å²) in [7, 11) is 1.52. The molecule has 0 unspecified atom stereocenters. The second-order valence-electron chi connectivity index (χ2n) is 5.83. The number of methoxy groups -OCH3 is 1. The fourth-order valence-electron chi connectivity index (χ4n) is 2.72. The Bertz CT molecular complexity index is 842. The maximum atomic E-state index is 13.0. The van der Waals surface area contributed by atoms with E-state index >= 15 is 0 Å². The van der Waals surface area contributed by atoms with Crippen molar-refractivity contribution in [1.82, 2.24) is 0 Å². The summed E-state index contributed by atoms with van der Waals surface area (Å²) in [5.74, 6) is 0.713. The maximum Gasteiger partial charge on any atom is 0.269 e. The molecule has 3 rings (SSSR count). The van der Waals surface area contributed by atoms with E-state index in [1.54, 1.807) is 23.1 Å². The van der Waals surface area contributed by atoms with Crippen LogP contribution < -0.4 is 14.4 Å². The van der Waals surface area contributed by atoms with Gasteiger partial charge in [-0.1, -0.05) is 42.5 Å². The summed E-state index contributed by atoms with van der Waals surface area (Å²) in [6.45, 7) is -0.246. The van der Waals surface area contributed by atoms with Crippen LogP contribution in [-0.4, -0.2) is 24.7 Å². The van der Waals surface area contributed by atoms with Crippen LogP contribution in [0.4, 0.5) is 11.4 Å². The first-order chi connectivity index (χ1) is 13.2. The Morgan fingerprint density at radius 1 is 0.889 bits per heavy atom. The number of benzene rings is 3. The van der Waals surface area contributed by atoms with Crippen molar-refractivity contribution in [1.29, 1.82) is 0 Å². The zero-order valence-corrected chi connectivity index (χ0v) is 15.0. The number of carbonyl (C=O) groups excluding carboxylic acids is 1. The van der Waals surface area contributed by atoms with Gasteiger partial charge in [0.1, 0.15) is 0 Å². The molecule has 1 amide bonds. The Balaban J connectivity index is 1.82. The first-order valence-corrected chi connectivity index (χ1v) is 8.56. The van der Waals surface area contributed by atoms with Crippen molar-refractivity contribution >= 4 is 17.3 Å². The van der Waals surface area contributed by atoms with E-state index in [0.29, 0.717) is 17.1 Å². The summed E-state index contributed by atoms with van der Waals surface area (Å²) < 4.78 is 11.0. The second kappa shape index (κ2) is 8.87. The zero-order chi connectivity index (χ0) is 19.1. The Morgan fingerprint density at radius 3 is 2.00 bits per heavy atom. The van der Waals surface area contributed by atoms with E-state index in [1.807, 2.05) is 60.7 Å². The highest BCUT2D eigenvalue weighted by Crippen LogP contribution is 2.29. The largest absolute Gasteiger partial charge is 0.493 e. The summed E-state index contributed by atoms with van der Waals surface area (Å²) in [5, 5.41) is 9.23. The summed E-state index contributed by atoms with van der Waals surface area (Å²) in [6.07, 6.45) is 0. The Kier molecular flexibility index (Phi) is 6.07. The van der Waals surface area contributed by atoms with Crippen LogP contribution in [0.5, 0.6) is 11.5 Å². The smallest absolute Gasteiger partial charge is 0.269 e. The number of hydrogen-bond acceptors (Lipinski definition) is 4. The van der Waals surface area contributed by atoms with Gasteiger partial charge in [0.2, 0.25) is 0 Å². The third-order valence-electron chi connectivity index (χ3n) is 4.04. The lowest BCUT2D eigenvalue weighted by atomic mass is 10.2. The van der Waals surface area contributed by atoms with Gasteiger partial charge in [0, 0.05) is 11.4 Å². The van der Waals surface area contributed by atoms with Crippen molar-refractivity contribution < 1.29 is 19.4 Å². The van der Waals surface area contributed by atoms with Gasteiger partial charge >= 0.3 is 0 Å². The number of hydrogen-bond donors (Lipinski definition) is 1. The number of rotatable bonds is 7. The average molecular weight is 363 g/mol. The van der Waals surface area contributed by atoms with Crippen molar-refractivity contribution in [3.63, 3.8) is 0 Å². The fraction of sp³-hybridized carbons (Fsp3) is 0.136. The number of anilines is 2. The number of ether oxygens (including phenoxy) is 2. The molecule has 0 radical (unpaired) electrons. The molecule has 0 saturated carbocycles. The van der Waals surface area contributed by atoms with Gasteiger partial charge in [-0.2, -0.15) is 0 Å². The molecule has 3 aromatic rings. The second-order valence-corrected chi connectivity index (χ2v) is 5.83. The molecule has 0 aliphatic carbocycles. The van der Waals surface area contributed by atoms with E-state index in [-0.39, 0.29) is 19.1 Å². The van der Waals surface area contributed by atoms with Crippen molar-refractivity contribution in [2.24, 2.45) is 0 Å². The predicted molar refractivity (Wildman–Crippen MR) is 104 cm³/mol. The molecule has 0 atom stereocenters. The molecule has 3 aromatic carbocycles. The molecule has 27 heavy (non-hydrogen) atoms. The molecule has 5 heteroatoms. The molecule has 1 N–H and O–H groups in total. The highest BCUT2D eigenvalue weighted by molar-refractivity contribution is 6.01. The first-order valence-electron chi connectivity index (χ1n) is 8.56. The fourth-order valence-corrected chi connectivity index (χ4v) is 2.72.